The van der Waals surface area contributed by atoms with Crippen molar-refractivity contribution in [3.05, 3.63) is 11.6 Å². The molecule has 0 bridgehead atoms. The first-order chi connectivity index (χ1) is 14.8. The van der Waals surface area contributed by atoms with Crippen LogP contribution >= 0.6 is 0 Å². The molecule has 0 saturated heterocycles. The van der Waals surface area contributed by atoms with Crippen LogP contribution in [0.2, 0.25) is 0 Å². The molecule has 2 N–H and O–H groups in total. The highest BCUT2D eigenvalue weighted by molar-refractivity contribution is 5.95. The molecule has 0 aromatic heterocycles. The molecule has 5 aliphatic carbocycles. The Kier molecular flexibility index (Phi) is 4.90. The summed E-state index contributed by atoms with van der Waals surface area (Å²) >= 11 is 0. The zero-order valence-electron chi connectivity index (χ0n) is 20.6. The van der Waals surface area contributed by atoms with Gasteiger partial charge in [-0.15, -0.1) is 0 Å². The second-order valence-electron chi connectivity index (χ2n) is 13.6. The van der Waals surface area contributed by atoms with Crippen molar-refractivity contribution < 1.29 is 19.8 Å². The zero-order chi connectivity index (χ0) is 23.3. The van der Waals surface area contributed by atoms with Crippen molar-refractivity contribution in [2.75, 3.05) is 0 Å². The van der Waals surface area contributed by atoms with Gasteiger partial charge in [0, 0.05) is 5.92 Å². The second-order valence-corrected chi connectivity index (χ2v) is 13.6. The van der Waals surface area contributed by atoms with Gasteiger partial charge in [-0.1, -0.05) is 40.2 Å². The van der Waals surface area contributed by atoms with Gasteiger partial charge in [0.15, 0.2) is 5.78 Å². The first-order valence-corrected chi connectivity index (χ1v) is 13.0. The fraction of sp³-hybridized carbons (Fsp3) is 0.857. The molecule has 9 atom stereocenters. The van der Waals surface area contributed by atoms with E-state index in [1.54, 1.807) is 0 Å². The highest BCUT2D eigenvalue weighted by atomic mass is 16.4. The third-order valence-electron chi connectivity index (χ3n) is 11.8. The minimum atomic E-state index is -0.669. The van der Waals surface area contributed by atoms with E-state index in [2.05, 4.69) is 34.6 Å². The predicted molar refractivity (Wildman–Crippen MR) is 124 cm³/mol. The van der Waals surface area contributed by atoms with Gasteiger partial charge in [0.2, 0.25) is 0 Å². The van der Waals surface area contributed by atoms with Crippen LogP contribution in [0.3, 0.4) is 0 Å². The maximum Gasteiger partial charge on any atom is 0.306 e. The first kappa shape index (κ1) is 22.6. The number of carboxylic acids is 1. The van der Waals surface area contributed by atoms with E-state index in [1.165, 1.54) is 5.57 Å². The van der Waals surface area contributed by atoms with Crippen LogP contribution in [0, 0.1) is 51.2 Å². The maximum absolute atomic E-state index is 14.0. The van der Waals surface area contributed by atoms with Crippen molar-refractivity contribution in [3.63, 3.8) is 0 Å². The Morgan fingerprint density at radius 3 is 2.25 bits per heavy atom. The summed E-state index contributed by atoms with van der Waals surface area (Å²) in [6.45, 7) is 11.5. The lowest BCUT2D eigenvalue weighted by Crippen LogP contribution is -2.63. The number of aliphatic hydroxyl groups is 1. The molecule has 4 nitrogen and oxygen atoms in total. The number of ketones is 1. The molecule has 4 saturated carbocycles. The molecule has 178 valence electrons. The molecule has 0 amide bonds. The highest BCUT2D eigenvalue weighted by Crippen LogP contribution is 2.70. The van der Waals surface area contributed by atoms with E-state index in [1.807, 2.05) is 6.08 Å². The quantitative estimate of drug-likeness (QED) is 0.552. The Morgan fingerprint density at radius 1 is 0.906 bits per heavy atom. The lowest BCUT2D eigenvalue weighted by molar-refractivity contribution is -0.188. The number of aliphatic carboxylic acids is 1. The van der Waals surface area contributed by atoms with Gasteiger partial charge in [-0.3, -0.25) is 9.59 Å². The number of allylic oxidation sites excluding steroid dienone is 2. The van der Waals surface area contributed by atoms with Crippen molar-refractivity contribution in [2.24, 2.45) is 51.2 Å². The number of fused-ring (bicyclic) bond motifs is 7. The Balaban J connectivity index is 1.56. The van der Waals surface area contributed by atoms with Gasteiger partial charge >= 0.3 is 5.97 Å². The van der Waals surface area contributed by atoms with Gasteiger partial charge in [-0.2, -0.15) is 0 Å². The van der Waals surface area contributed by atoms with E-state index < -0.39 is 5.97 Å². The van der Waals surface area contributed by atoms with E-state index in [4.69, 9.17) is 0 Å². The lowest BCUT2D eigenvalue weighted by Gasteiger charge is -2.67. The van der Waals surface area contributed by atoms with Gasteiger partial charge in [-0.05, 0) is 103 Å². The predicted octanol–water partition coefficient (Wildman–Crippen LogP) is 5.63. The van der Waals surface area contributed by atoms with Gasteiger partial charge in [0.1, 0.15) is 0 Å². The van der Waals surface area contributed by atoms with E-state index in [0.29, 0.717) is 24.0 Å². The van der Waals surface area contributed by atoms with Crippen LogP contribution < -0.4 is 0 Å². The average Bonchev–Trinajstić information content (AvgIpc) is 2.69. The SMILES string of the molecule is CC1(C)[C@@H](O)CC[C@]2(C)[C@H]3C(=O)C=C4C(CC[C@@]5(C)CC[C@H](C(=O)O)C[C@@H]45)[C@]3(C)CC[C@@H]12. The largest absolute Gasteiger partial charge is 0.481 e. The molecule has 0 aromatic carbocycles. The number of hydrogen-bond donors (Lipinski definition) is 2. The normalized spacial score (nSPS) is 52.1. The van der Waals surface area contributed by atoms with Gasteiger partial charge in [-0.25, -0.2) is 0 Å². The molecule has 0 aromatic rings. The van der Waals surface area contributed by atoms with E-state index in [9.17, 15) is 19.8 Å². The van der Waals surface area contributed by atoms with Crippen LogP contribution in [-0.2, 0) is 9.59 Å². The standard InChI is InChI=1S/C28H42O4/c1-25(2)21-8-12-27(4)18-7-11-26(3)10-6-16(24(31)32)14-19(26)17(18)15-20(29)23(27)28(21,5)13-9-22(25)30/h15-16,18-19,21-23,30H,6-14H2,1-5H3,(H,31,32)/t16-,18?,19-,21-,22-,23-,26+,27-,28-/m0/s1. The molecule has 5 aliphatic rings. The van der Waals surface area contributed by atoms with E-state index in [-0.39, 0.29) is 45.5 Å². The summed E-state index contributed by atoms with van der Waals surface area (Å²) in [6, 6.07) is 0. The Labute approximate surface area is 193 Å². The van der Waals surface area contributed by atoms with Crippen molar-refractivity contribution in [2.45, 2.75) is 98.5 Å². The Hall–Kier alpha value is -1.16. The van der Waals surface area contributed by atoms with Gasteiger partial charge < -0.3 is 10.2 Å². The topological polar surface area (TPSA) is 74.6 Å². The fourth-order valence-electron chi connectivity index (χ4n) is 9.97. The minimum Gasteiger partial charge on any atom is -0.481 e. The van der Waals surface area contributed by atoms with Gasteiger partial charge in [0.05, 0.1) is 12.0 Å². The van der Waals surface area contributed by atoms with Crippen LogP contribution in [0.1, 0.15) is 92.4 Å². The highest BCUT2D eigenvalue weighted by Gasteiger charge is 2.66. The summed E-state index contributed by atoms with van der Waals surface area (Å²) in [5.74, 6) is 0.337. The number of carbonyl (C=O) groups is 2. The smallest absolute Gasteiger partial charge is 0.306 e. The maximum atomic E-state index is 14.0. The summed E-state index contributed by atoms with van der Waals surface area (Å²) < 4.78 is 0. The molecule has 1 unspecified atom stereocenters. The summed E-state index contributed by atoms with van der Waals surface area (Å²) in [5.41, 5.74) is 1.14. The average molecular weight is 443 g/mol. The number of rotatable bonds is 1. The molecule has 0 spiro atoms. The summed E-state index contributed by atoms with van der Waals surface area (Å²) in [6.07, 6.45) is 10.2. The van der Waals surface area contributed by atoms with Crippen molar-refractivity contribution >= 4 is 11.8 Å². The third-order valence-corrected chi connectivity index (χ3v) is 11.8. The molecule has 32 heavy (non-hydrogen) atoms. The summed E-state index contributed by atoms with van der Waals surface area (Å²) in [4.78, 5) is 25.8. The van der Waals surface area contributed by atoms with Crippen LogP contribution in [0.25, 0.3) is 0 Å². The number of aliphatic hydroxyl groups excluding tert-OH is 1. The van der Waals surface area contributed by atoms with Crippen LogP contribution in [0.5, 0.6) is 0 Å². The second kappa shape index (κ2) is 6.93. The molecule has 4 fully saturated rings. The van der Waals surface area contributed by atoms with Crippen LogP contribution in [0.4, 0.5) is 0 Å². The van der Waals surface area contributed by atoms with Gasteiger partial charge in [0.25, 0.3) is 0 Å². The molecular weight excluding hydrogens is 400 g/mol. The van der Waals surface area contributed by atoms with Crippen molar-refractivity contribution in [1.82, 2.24) is 0 Å². The molecule has 5 rings (SSSR count). The molecular formula is C28H42O4. The third kappa shape index (κ3) is 2.83. The number of carbonyl (C=O) groups excluding carboxylic acids is 1. The minimum absolute atomic E-state index is 0.0116. The Morgan fingerprint density at radius 2 is 1.56 bits per heavy atom. The fourth-order valence-corrected chi connectivity index (χ4v) is 9.97. The molecule has 0 heterocycles. The summed E-state index contributed by atoms with van der Waals surface area (Å²) in [7, 11) is 0. The van der Waals surface area contributed by atoms with Crippen molar-refractivity contribution in [1.29, 1.82) is 0 Å². The Bertz CT molecular complexity index is 873. The van der Waals surface area contributed by atoms with E-state index >= 15 is 0 Å². The molecule has 0 aliphatic heterocycles. The number of carboxylic acid groups (broad SMARTS) is 1. The zero-order valence-corrected chi connectivity index (χ0v) is 20.6. The summed E-state index contributed by atoms with van der Waals surface area (Å²) in [5, 5.41) is 20.5. The number of hydrogen-bond acceptors (Lipinski definition) is 3. The van der Waals surface area contributed by atoms with Crippen molar-refractivity contribution in [3.8, 4) is 0 Å². The lowest BCUT2D eigenvalue weighted by atomic mass is 9.37. The monoisotopic (exact) mass is 442 g/mol. The van der Waals surface area contributed by atoms with E-state index in [0.717, 1.165) is 51.4 Å². The van der Waals surface area contributed by atoms with Crippen LogP contribution in [0.15, 0.2) is 11.6 Å². The first-order valence-electron chi connectivity index (χ1n) is 13.0. The molecule has 4 heteroatoms. The van der Waals surface area contributed by atoms with Crippen LogP contribution in [-0.4, -0.2) is 28.1 Å². The molecule has 0 radical (unpaired) electrons.